The molecule has 0 spiro atoms. The van der Waals surface area contributed by atoms with Crippen LogP contribution in [0.3, 0.4) is 0 Å². The second-order valence-electron chi connectivity index (χ2n) is 2.67. The summed E-state index contributed by atoms with van der Waals surface area (Å²) in [4.78, 5) is 22.3. The summed E-state index contributed by atoms with van der Waals surface area (Å²) in [7, 11) is 1.28. The molecule has 0 aliphatic heterocycles. The van der Waals surface area contributed by atoms with Gasteiger partial charge < -0.3 is 4.74 Å². The van der Waals surface area contributed by atoms with Crippen molar-refractivity contribution in [3.05, 3.63) is 34.4 Å². The molecule has 2 aromatic heterocycles. The molecule has 0 saturated heterocycles. The molecule has 2 aromatic rings. The van der Waals surface area contributed by atoms with Crippen LogP contribution in [-0.2, 0) is 4.74 Å². The monoisotopic (exact) mass is 193 g/mol. The second kappa shape index (κ2) is 2.99. The summed E-state index contributed by atoms with van der Waals surface area (Å²) < 4.78 is 5.76. The molecule has 0 aromatic carbocycles. The number of methoxy groups -OCH3 is 1. The van der Waals surface area contributed by atoms with Crippen LogP contribution in [0.15, 0.2) is 23.1 Å². The van der Waals surface area contributed by atoms with Crippen molar-refractivity contribution < 1.29 is 9.53 Å². The van der Waals surface area contributed by atoms with Crippen LogP contribution in [0.4, 0.5) is 0 Å². The Morgan fingerprint density at radius 3 is 3.07 bits per heavy atom. The van der Waals surface area contributed by atoms with E-state index in [9.17, 15) is 9.59 Å². The standard InChI is InChI=1S/C8H7N3O3/c1-14-7(12)5-2-3-6-9-10-8(13)11(6)4-5/h2-4H,1H3,(H,10,13). The number of pyridine rings is 1. The summed E-state index contributed by atoms with van der Waals surface area (Å²) in [6.07, 6.45) is 1.38. The summed E-state index contributed by atoms with van der Waals surface area (Å²) in [6, 6.07) is 3.10. The Balaban J connectivity index is 2.66. The number of esters is 1. The Hall–Kier alpha value is -2.11. The van der Waals surface area contributed by atoms with Crippen LogP contribution in [0.25, 0.3) is 5.65 Å². The first-order valence-corrected chi connectivity index (χ1v) is 3.87. The normalized spacial score (nSPS) is 10.4. The van der Waals surface area contributed by atoms with Gasteiger partial charge in [-0.1, -0.05) is 0 Å². The Morgan fingerprint density at radius 1 is 1.57 bits per heavy atom. The third-order valence-electron chi connectivity index (χ3n) is 1.83. The lowest BCUT2D eigenvalue weighted by atomic mass is 10.3. The molecule has 72 valence electrons. The average Bonchev–Trinajstić information content (AvgIpc) is 2.59. The molecule has 0 radical (unpaired) electrons. The third kappa shape index (κ3) is 1.17. The summed E-state index contributed by atoms with van der Waals surface area (Å²) in [5.74, 6) is -0.486. The minimum atomic E-state index is -0.486. The highest BCUT2D eigenvalue weighted by molar-refractivity contribution is 5.89. The Morgan fingerprint density at radius 2 is 2.36 bits per heavy atom. The molecule has 2 heterocycles. The van der Waals surface area contributed by atoms with Gasteiger partial charge >= 0.3 is 11.7 Å². The number of hydrogen-bond acceptors (Lipinski definition) is 4. The fourth-order valence-electron chi connectivity index (χ4n) is 1.14. The minimum absolute atomic E-state index is 0.309. The smallest absolute Gasteiger partial charge is 0.347 e. The first-order valence-electron chi connectivity index (χ1n) is 3.87. The van der Waals surface area contributed by atoms with Gasteiger partial charge in [0.2, 0.25) is 0 Å². The van der Waals surface area contributed by atoms with E-state index in [1.807, 2.05) is 0 Å². The molecular weight excluding hydrogens is 186 g/mol. The fraction of sp³-hybridized carbons (Fsp3) is 0.125. The van der Waals surface area contributed by atoms with Crippen LogP contribution in [0, 0.1) is 0 Å². The molecule has 0 aliphatic carbocycles. The van der Waals surface area contributed by atoms with Gasteiger partial charge in [0.15, 0.2) is 5.65 Å². The molecule has 0 amide bonds. The number of ether oxygens (including phenoxy) is 1. The molecule has 0 fully saturated rings. The predicted molar refractivity (Wildman–Crippen MR) is 47.2 cm³/mol. The lowest BCUT2D eigenvalue weighted by molar-refractivity contribution is 0.0600. The number of fused-ring (bicyclic) bond motifs is 1. The van der Waals surface area contributed by atoms with Crippen molar-refractivity contribution in [1.29, 1.82) is 0 Å². The number of carbonyl (C=O) groups is 1. The highest BCUT2D eigenvalue weighted by Crippen LogP contribution is 2.02. The van der Waals surface area contributed by atoms with E-state index in [0.717, 1.165) is 0 Å². The summed E-state index contributed by atoms with van der Waals surface area (Å²) in [5, 5.41) is 5.98. The van der Waals surface area contributed by atoms with Crippen molar-refractivity contribution in [3.8, 4) is 0 Å². The zero-order chi connectivity index (χ0) is 10.1. The molecule has 0 aliphatic rings. The van der Waals surface area contributed by atoms with Crippen molar-refractivity contribution in [3.63, 3.8) is 0 Å². The maximum atomic E-state index is 11.1. The summed E-state index contributed by atoms with van der Waals surface area (Å²) >= 11 is 0. The van der Waals surface area contributed by atoms with Gasteiger partial charge in [-0.2, -0.15) is 5.10 Å². The molecule has 6 nitrogen and oxygen atoms in total. The average molecular weight is 193 g/mol. The molecule has 0 atom stereocenters. The lowest BCUT2D eigenvalue weighted by Crippen LogP contribution is -2.11. The Labute approximate surface area is 78.1 Å². The van der Waals surface area contributed by atoms with Crippen molar-refractivity contribution in [2.24, 2.45) is 0 Å². The van der Waals surface area contributed by atoms with Crippen LogP contribution >= 0.6 is 0 Å². The molecule has 1 N–H and O–H groups in total. The van der Waals surface area contributed by atoms with Crippen LogP contribution < -0.4 is 5.69 Å². The zero-order valence-corrected chi connectivity index (χ0v) is 7.35. The summed E-state index contributed by atoms with van der Waals surface area (Å²) in [6.45, 7) is 0. The van der Waals surface area contributed by atoms with E-state index in [2.05, 4.69) is 14.9 Å². The first-order chi connectivity index (χ1) is 6.72. The highest BCUT2D eigenvalue weighted by atomic mass is 16.5. The van der Waals surface area contributed by atoms with Crippen LogP contribution in [0.2, 0.25) is 0 Å². The van der Waals surface area contributed by atoms with Crippen molar-refractivity contribution in [2.75, 3.05) is 7.11 Å². The Bertz CT molecular complexity index is 540. The van der Waals surface area contributed by atoms with Crippen molar-refractivity contribution >= 4 is 11.6 Å². The number of carbonyl (C=O) groups excluding carboxylic acids is 1. The van der Waals surface area contributed by atoms with Crippen LogP contribution in [0.5, 0.6) is 0 Å². The zero-order valence-electron chi connectivity index (χ0n) is 7.35. The van der Waals surface area contributed by atoms with Crippen molar-refractivity contribution in [1.82, 2.24) is 14.6 Å². The maximum absolute atomic E-state index is 11.1. The molecule has 14 heavy (non-hydrogen) atoms. The SMILES string of the molecule is COC(=O)c1ccc2n[nH]c(=O)n2c1. The lowest BCUT2D eigenvalue weighted by Gasteiger charge is -1.98. The van der Waals surface area contributed by atoms with Gasteiger partial charge in [0.25, 0.3) is 0 Å². The van der Waals surface area contributed by atoms with Gasteiger partial charge in [0.05, 0.1) is 12.7 Å². The molecule has 6 heteroatoms. The van der Waals surface area contributed by atoms with E-state index < -0.39 is 5.97 Å². The quantitative estimate of drug-likeness (QED) is 0.637. The Kier molecular flexibility index (Phi) is 1.81. The van der Waals surface area contributed by atoms with E-state index >= 15 is 0 Å². The van der Waals surface area contributed by atoms with E-state index in [1.165, 1.54) is 17.7 Å². The molecule has 0 saturated carbocycles. The predicted octanol–water partition coefficient (Wildman–Crippen LogP) is -0.191. The number of hydrogen-bond donors (Lipinski definition) is 1. The van der Waals surface area contributed by atoms with Crippen molar-refractivity contribution in [2.45, 2.75) is 0 Å². The molecule has 2 rings (SSSR count). The number of rotatable bonds is 1. The van der Waals surface area contributed by atoms with E-state index in [0.29, 0.717) is 11.2 Å². The highest BCUT2D eigenvalue weighted by Gasteiger charge is 2.07. The van der Waals surface area contributed by atoms with Gasteiger partial charge in [-0.15, -0.1) is 0 Å². The van der Waals surface area contributed by atoms with Gasteiger partial charge in [-0.3, -0.25) is 0 Å². The number of aromatic nitrogens is 3. The van der Waals surface area contributed by atoms with Gasteiger partial charge in [0.1, 0.15) is 0 Å². The van der Waals surface area contributed by atoms with E-state index in [1.54, 1.807) is 12.1 Å². The molecular formula is C8H7N3O3. The number of H-pyrrole nitrogens is 1. The van der Waals surface area contributed by atoms with Gasteiger partial charge in [-0.05, 0) is 12.1 Å². The first kappa shape index (κ1) is 8.49. The maximum Gasteiger partial charge on any atom is 0.347 e. The number of aromatic amines is 1. The van der Waals surface area contributed by atoms with Gasteiger partial charge in [0, 0.05) is 6.20 Å². The second-order valence-corrected chi connectivity index (χ2v) is 2.67. The topological polar surface area (TPSA) is 76.5 Å². The number of nitrogens with zero attached hydrogens (tertiary/aromatic N) is 2. The summed E-state index contributed by atoms with van der Waals surface area (Å²) in [5.41, 5.74) is 0.386. The minimum Gasteiger partial charge on any atom is -0.465 e. The third-order valence-corrected chi connectivity index (χ3v) is 1.83. The number of nitrogens with one attached hydrogen (secondary N) is 1. The molecule has 0 unspecified atom stereocenters. The van der Waals surface area contributed by atoms with E-state index in [-0.39, 0.29) is 5.69 Å². The van der Waals surface area contributed by atoms with Gasteiger partial charge in [-0.25, -0.2) is 19.1 Å². The van der Waals surface area contributed by atoms with Crippen LogP contribution in [0.1, 0.15) is 10.4 Å². The van der Waals surface area contributed by atoms with E-state index in [4.69, 9.17) is 0 Å². The fourth-order valence-corrected chi connectivity index (χ4v) is 1.14. The largest absolute Gasteiger partial charge is 0.465 e. The molecule has 0 bridgehead atoms. The van der Waals surface area contributed by atoms with Crippen LogP contribution in [-0.4, -0.2) is 27.7 Å².